The Bertz CT molecular complexity index is 782. The van der Waals surface area contributed by atoms with Gasteiger partial charge in [-0.2, -0.15) is 5.10 Å². The zero-order chi connectivity index (χ0) is 16.4. The van der Waals surface area contributed by atoms with E-state index in [1.165, 1.54) is 0 Å². The van der Waals surface area contributed by atoms with Gasteiger partial charge >= 0.3 is 0 Å². The van der Waals surface area contributed by atoms with Crippen molar-refractivity contribution in [3.63, 3.8) is 0 Å². The molecule has 2 heterocycles. The molecule has 0 aliphatic carbocycles. The lowest BCUT2D eigenvalue weighted by Crippen LogP contribution is -2.24. The summed E-state index contributed by atoms with van der Waals surface area (Å²) in [5.41, 5.74) is 7.19. The molecule has 23 heavy (non-hydrogen) atoms. The Morgan fingerprint density at radius 3 is 2.78 bits per heavy atom. The molecule has 2 aromatic rings. The Hall–Kier alpha value is -3.16. The zero-order valence-corrected chi connectivity index (χ0v) is 12.4. The lowest BCUT2D eigenvalue weighted by atomic mass is 10.0. The van der Waals surface area contributed by atoms with Gasteiger partial charge in [0.2, 0.25) is 0 Å². The third-order valence-electron chi connectivity index (χ3n) is 3.52. The van der Waals surface area contributed by atoms with Gasteiger partial charge in [-0.1, -0.05) is 35.5 Å². The molecular weight excluding hydrogens is 298 g/mol. The number of benzene rings is 1. The number of aromatic nitrogens is 2. The molecule has 0 spiro atoms. The molecule has 1 aliphatic heterocycles. The van der Waals surface area contributed by atoms with Crippen LogP contribution in [0.5, 0.6) is 0 Å². The SMILES string of the molecule is Cc1[nH]nc(C(N)=O)c1NC(=O)C1=NO[C@H](c2ccccc2)C1. The Balaban J connectivity index is 1.71. The number of aromatic amines is 1. The van der Waals surface area contributed by atoms with Crippen LogP contribution in [0, 0.1) is 6.92 Å². The first-order chi connectivity index (χ1) is 11.1. The monoisotopic (exact) mass is 313 g/mol. The number of hydrogen-bond donors (Lipinski definition) is 3. The van der Waals surface area contributed by atoms with Gasteiger partial charge in [-0.3, -0.25) is 14.7 Å². The molecule has 0 bridgehead atoms. The topological polar surface area (TPSA) is 122 Å². The molecule has 0 saturated carbocycles. The molecule has 0 saturated heterocycles. The van der Waals surface area contributed by atoms with Crippen molar-refractivity contribution >= 4 is 23.2 Å². The van der Waals surface area contributed by atoms with Crippen molar-refractivity contribution in [1.29, 1.82) is 0 Å². The number of H-pyrrole nitrogens is 1. The fraction of sp³-hybridized carbons (Fsp3) is 0.200. The highest BCUT2D eigenvalue weighted by Crippen LogP contribution is 2.27. The number of rotatable bonds is 4. The van der Waals surface area contributed by atoms with Gasteiger partial charge in [0.1, 0.15) is 5.71 Å². The maximum absolute atomic E-state index is 12.3. The second kappa shape index (κ2) is 5.91. The summed E-state index contributed by atoms with van der Waals surface area (Å²) in [6.07, 6.45) is 0.0524. The molecule has 8 heteroatoms. The van der Waals surface area contributed by atoms with Crippen molar-refractivity contribution in [3.05, 3.63) is 47.3 Å². The van der Waals surface area contributed by atoms with Crippen LogP contribution < -0.4 is 11.1 Å². The summed E-state index contributed by atoms with van der Waals surface area (Å²) >= 11 is 0. The Morgan fingerprint density at radius 2 is 2.09 bits per heavy atom. The summed E-state index contributed by atoms with van der Waals surface area (Å²) in [5.74, 6) is -1.17. The van der Waals surface area contributed by atoms with Gasteiger partial charge in [-0.25, -0.2) is 0 Å². The van der Waals surface area contributed by atoms with E-state index in [-0.39, 0.29) is 23.2 Å². The third kappa shape index (κ3) is 2.91. The summed E-state index contributed by atoms with van der Waals surface area (Å²) in [7, 11) is 0. The predicted octanol–water partition coefficient (Wildman–Crippen LogP) is 1.27. The molecule has 3 rings (SSSR count). The lowest BCUT2D eigenvalue weighted by molar-refractivity contribution is -0.110. The first-order valence-electron chi connectivity index (χ1n) is 7.00. The molecule has 1 aromatic carbocycles. The number of anilines is 1. The summed E-state index contributed by atoms with van der Waals surface area (Å²) < 4.78 is 0. The molecule has 1 atom stereocenters. The van der Waals surface area contributed by atoms with Gasteiger partial charge in [-0.15, -0.1) is 0 Å². The van der Waals surface area contributed by atoms with Crippen LogP contribution in [0.25, 0.3) is 0 Å². The van der Waals surface area contributed by atoms with Gasteiger partial charge in [0.05, 0.1) is 11.4 Å². The average molecular weight is 313 g/mol. The number of carbonyl (C=O) groups is 2. The van der Waals surface area contributed by atoms with E-state index < -0.39 is 11.8 Å². The van der Waals surface area contributed by atoms with E-state index in [1.54, 1.807) is 6.92 Å². The Kier molecular flexibility index (Phi) is 3.80. The summed E-state index contributed by atoms with van der Waals surface area (Å²) in [5, 5.41) is 12.8. The number of hydrogen-bond acceptors (Lipinski definition) is 5. The highest BCUT2D eigenvalue weighted by molar-refractivity contribution is 6.43. The molecule has 1 aliphatic rings. The standard InChI is InChI=1S/C15H15N5O3/c1-8-12(13(14(16)21)19-18-8)17-15(22)10-7-11(23-20-10)9-5-3-2-4-6-9/h2-6,11H,7H2,1H3,(H2,16,21)(H,17,22)(H,18,19)/t11-/m0/s1. The van der Waals surface area contributed by atoms with Crippen molar-refractivity contribution in [2.45, 2.75) is 19.4 Å². The van der Waals surface area contributed by atoms with Crippen molar-refractivity contribution in [2.24, 2.45) is 10.9 Å². The van der Waals surface area contributed by atoms with E-state index in [4.69, 9.17) is 10.6 Å². The molecule has 8 nitrogen and oxygen atoms in total. The predicted molar refractivity (Wildman–Crippen MR) is 82.8 cm³/mol. The minimum Gasteiger partial charge on any atom is -0.387 e. The highest BCUT2D eigenvalue weighted by atomic mass is 16.6. The number of primary amides is 1. The molecule has 4 N–H and O–H groups in total. The number of aryl methyl sites for hydroxylation is 1. The number of nitrogens with two attached hydrogens (primary N) is 1. The number of oxime groups is 1. The minimum absolute atomic E-state index is 0.0185. The lowest BCUT2D eigenvalue weighted by Gasteiger charge is -2.07. The van der Waals surface area contributed by atoms with Crippen LogP contribution in [0.3, 0.4) is 0 Å². The van der Waals surface area contributed by atoms with E-state index in [1.807, 2.05) is 30.3 Å². The number of nitrogens with zero attached hydrogens (tertiary/aromatic N) is 2. The average Bonchev–Trinajstić information content (AvgIpc) is 3.16. The van der Waals surface area contributed by atoms with Crippen LogP contribution >= 0.6 is 0 Å². The molecular formula is C15H15N5O3. The molecule has 0 unspecified atom stereocenters. The van der Waals surface area contributed by atoms with Crippen LogP contribution in [0.1, 0.15) is 34.3 Å². The maximum Gasteiger partial charge on any atom is 0.273 e. The van der Waals surface area contributed by atoms with Crippen molar-refractivity contribution in [2.75, 3.05) is 5.32 Å². The van der Waals surface area contributed by atoms with E-state index in [9.17, 15) is 9.59 Å². The van der Waals surface area contributed by atoms with E-state index in [0.29, 0.717) is 12.1 Å². The number of carbonyl (C=O) groups excluding carboxylic acids is 2. The molecule has 0 radical (unpaired) electrons. The third-order valence-corrected chi connectivity index (χ3v) is 3.52. The first-order valence-corrected chi connectivity index (χ1v) is 7.00. The van der Waals surface area contributed by atoms with E-state index >= 15 is 0 Å². The molecule has 2 amide bonds. The molecule has 0 fully saturated rings. The maximum atomic E-state index is 12.3. The van der Waals surface area contributed by atoms with Crippen LogP contribution in [0.15, 0.2) is 35.5 Å². The normalized spacial score (nSPS) is 16.6. The Morgan fingerprint density at radius 1 is 1.35 bits per heavy atom. The summed E-state index contributed by atoms with van der Waals surface area (Å²) in [4.78, 5) is 28.9. The van der Waals surface area contributed by atoms with Crippen molar-refractivity contribution < 1.29 is 14.4 Å². The van der Waals surface area contributed by atoms with Crippen LogP contribution in [-0.2, 0) is 9.63 Å². The fourth-order valence-corrected chi connectivity index (χ4v) is 2.30. The van der Waals surface area contributed by atoms with E-state index in [2.05, 4.69) is 20.7 Å². The van der Waals surface area contributed by atoms with Crippen LogP contribution in [-0.4, -0.2) is 27.7 Å². The smallest absolute Gasteiger partial charge is 0.273 e. The van der Waals surface area contributed by atoms with Gasteiger partial charge in [0.15, 0.2) is 11.8 Å². The highest BCUT2D eigenvalue weighted by Gasteiger charge is 2.28. The minimum atomic E-state index is -0.726. The molecule has 118 valence electrons. The number of amides is 2. The first kappa shape index (κ1) is 14.8. The molecule has 1 aromatic heterocycles. The second-order valence-corrected chi connectivity index (χ2v) is 5.14. The second-order valence-electron chi connectivity index (χ2n) is 5.14. The van der Waals surface area contributed by atoms with Gasteiger partial charge < -0.3 is 15.9 Å². The van der Waals surface area contributed by atoms with Gasteiger partial charge in [0.25, 0.3) is 11.8 Å². The fourth-order valence-electron chi connectivity index (χ4n) is 2.30. The number of nitrogens with one attached hydrogen (secondary N) is 2. The van der Waals surface area contributed by atoms with Gasteiger partial charge in [-0.05, 0) is 12.5 Å². The summed E-state index contributed by atoms with van der Waals surface area (Å²) in [6.45, 7) is 1.68. The largest absolute Gasteiger partial charge is 0.387 e. The van der Waals surface area contributed by atoms with Crippen molar-refractivity contribution in [1.82, 2.24) is 10.2 Å². The zero-order valence-electron chi connectivity index (χ0n) is 12.4. The van der Waals surface area contributed by atoms with Crippen molar-refractivity contribution in [3.8, 4) is 0 Å². The summed E-state index contributed by atoms with van der Waals surface area (Å²) in [6, 6.07) is 9.51. The quantitative estimate of drug-likeness (QED) is 0.786. The van der Waals surface area contributed by atoms with Gasteiger partial charge in [0, 0.05) is 6.42 Å². The van der Waals surface area contributed by atoms with Crippen LogP contribution in [0.2, 0.25) is 0 Å². The van der Waals surface area contributed by atoms with Crippen LogP contribution in [0.4, 0.5) is 5.69 Å². The van der Waals surface area contributed by atoms with E-state index in [0.717, 1.165) is 5.56 Å². The Labute approximate surface area is 131 Å².